The lowest BCUT2D eigenvalue weighted by atomic mass is 9.95. The van der Waals surface area contributed by atoms with Crippen molar-refractivity contribution in [3.8, 4) is 0 Å². The first kappa shape index (κ1) is 14.5. The molecule has 1 heterocycles. The fourth-order valence-corrected chi connectivity index (χ4v) is 2.57. The van der Waals surface area contributed by atoms with Gasteiger partial charge < -0.3 is 10.1 Å². The normalized spacial score (nSPS) is 19.1. The van der Waals surface area contributed by atoms with Gasteiger partial charge in [-0.1, -0.05) is 28.1 Å². The van der Waals surface area contributed by atoms with E-state index in [0.717, 1.165) is 29.5 Å². The van der Waals surface area contributed by atoms with Crippen LogP contribution in [0.3, 0.4) is 0 Å². The van der Waals surface area contributed by atoms with Crippen molar-refractivity contribution in [2.45, 2.75) is 32.3 Å². The Bertz CT molecular complexity index is 399. The van der Waals surface area contributed by atoms with Crippen LogP contribution in [0.15, 0.2) is 28.7 Å². The number of halogens is 1. The van der Waals surface area contributed by atoms with Gasteiger partial charge in [0.1, 0.15) is 6.61 Å². The van der Waals surface area contributed by atoms with Crippen LogP contribution in [0.2, 0.25) is 0 Å². The molecule has 2 rings (SSSR count). The summed E-state index contributed by atoms with van der Waals surface area (Å²) in [7, 11) is 0. The number of rotatable bonds is 5. The molecule has 0 saturated carbocycles. The van der Waals surface area contributed by atoms with Gasteiger partial charge >= 0.3 is 5.97 Å². The lowest BCUT2D eigenvalue weighted by molar-refractivity contribution is -0.145. The van der Waals surface area contributed by atoms with Gasteiger partial charge in [-0.15, -0.1) is 0 Å². The maximum Gasteiger partial charge on any atom is 0.306 e. The minimum atomic E-state index is -0.0894. The van der Waals surface area contributed by atoms with Crippen LogP contribution >= 0.6 is 15.9 Å². The third-order valence-electron chi connectivity index (χ3n) is 3.47. The number of hydrogen-bond acceptors (Lipinski definition) is 3. The summed E-state index contributed by atoms with van der Waals surface area (Å²) in [6.45, 7) is 2.53. The van der Waals surface area contributed by atoms with Crippen molar-refractivity contribution in [1.82, 2.24) is 5.32 Å². The molecule has 1 saturated heterocycles. The second kappa shape index (κ2) is 7.65. The molecule has 19 heavy (non-hydrogen) atoms. The molecule has 0 bridgehead atoms. The van der Waals surface area contributed by atoms with Crippen LogP contribution < -0.4 is 5.32 Å². The van der Waals surface area contributed by atoms with Crippen molar-refractivity contribution in [1.29, 1.82) is 0 Å². The van der Waals surface area contributed by atoms with Crippen molar-refractivity contribution < 1.29 is 9.53 Å². The Balaban J connectivity index is 1.65. The fraction of sp³-hybridized carbons (Fsp3) is 0.533. The lowest BCUT2D eigenvalue weighted by Crippen LogP contribution is -2.30. The second-order valence-corrected chi connectivity index (χ2v) is 5.95. The Labute approximate surface area is 122 Å². The van der Waals surface area contributed by atoms with E-state index in [-0.39, 0.29) is 5.97 Å². The number of ether oxygens (including phenoxy) is 1. The predicted molar refractivity (Wildman–Crippen MR) is 78.8 cm³/mol. The van der Waals surface area contributed by atoms with Crippen molar-refractivity contribution in [3.63, 3.8) is 0 Å². The summed E-state index contributed by atoms with van der Waals surface area (Å²) in [5.41, 5.74) is 1.02. The van der Waals surface area contributed by atoms with E-state index >= 15 is 0 Å². The van der Waals surface area contributed by atoms with Crippen LogP contribution in [0.4, 0.5) is 0 Å². The Morgan fingerprint density at radius 3 is 2.84 bits per heavy atom. The molecule has 104 valence electrons. The molecule has 1 aliphatic rings. The minimum Gasteiger partial charge on any atom is -0.461 e. The summed E-state index contributed by atoms with van der Waals surface area (Å²) >= 11 is 3.38. The molecule has 1 aromatic rings. The van der Waals surface area contributed by atoms with Gasteiger partial charge in [0.2, 0.25) is 0 Å². The molecule has 0 spiro atoms. The number of hydrogen-bond donors (Lipinski definition) is 1. The predicted octanol–water partition coefficient (Wildman–Crippen LogP) is 3.27. The van der Waals surface area contributed by atoms with Gasteiger partial charge in [0, 0.05) is 10.9 Å². The van der Waals surface area contributed by atoms with E-state index in [9.17, 15) is 4.79 Å². The van der Waals surface area contributed by atoms with E-state index in [1.54, 1.807) is 0 Å². The molecular formula is C15H20BrNO2. The average molecular weight is 326 g/mol. The van der Waals surface area contributed by atoms with Crippen molar-refractivity contribution in [2.24, 2.45) is 5.92 Å². The van der Waals surface area contributed by atoms with Crippen LogP contribution in [-0.4, -0.2) is 19.1 Å². The highest BCUT2D eigenvalue weighted by Gasteiger charge is 2.14. The van der Waals surface area contributed by atoms with E-state index in [1.807, 2.05) is 24.3 Å². The first-order chi connectivity index (χ1) is 9.24. The molecule has 1 N–H and O–H groups in total. The van der Waals surface area contributed by atoms with Gasteiger partial charge in [0.05, 0.1) is 0 Å². The summed E-state index contributed by atoms with van der Waals surface area (Å²) in [4.78, 5) is 11.7. The van der Waals surface area contributed by atoms with Gasteiger partial charge in [-0.05, 0) is 56.0 Å². The zero-order valence-electron chi connectivity index (χ0n) is 11.0. The Morgan fingerprint density at radius 1 is 1.37 bits per heavy atom. The number of nitrogens with one attached hydrogen (secondary N) is 1. The Morgan fingerprint density at radius 2 is 2.16 bits per heavy atom. The maximum absolute atomic E-state index is 11.7. The first-order valence-corrected chi connectivity index (χ1v) is 7.64. The number of benzene rings is 1. The van der Waals surface area contributed by atoms with Gasteiger partial charge in [-0.25, -0.2) is 0 Å². The first-order valence-electron chi connectivity index (χ1n) is 6.85. The number of carbonyl (C=O) groups is 1. The van der Waals surface area contributed by atoms with Gasteiger partial charge in [-0.2, -0.15) is 0 Å². The van der Waals surface area contributed by atoms with E-state index in [1.165, 1.54) is 12.8 Å². The summed E-state index contributed by atoms with van der Waals surface area (Å²) in [6.07, 6.45) is 3.92. The molecule has 1 fully saturated rings. The van der Waals surface area contributed by atoms with Crippen molar-refractivity contribution in [3.05, 3.63) is 34.3 Å². The third-order valence-corrected chi connectivity index (χ3v) is 4.00. The second-order valence-electron chi connectivity index (χ2n) is 5.04. The highest BCUT2D eigenvalue weighted by atomic mass is 79.9. The standard InChI is InChI=1S/C15H20BrNO2/c16-14-6-3-13(4-7-14)11-19-15(18)8-5-12-2-1-9-17-10-12/h3-4,6-7,12,17H,1-2,5,8-11H2. The fourth-order valence-electron chi connectivity index (χ4n) is 2.31. The highest BCUT2D eigenvalue weighted by Crippen LogP contribution is 2.16. The van der Waals surface area contributed by atoms with Gasteiger partial charge in [0.25, 0.3) is 0 Å². The Hall–Kier alpha value is -0.870. The smallest absolute Gasteiger partial charge is 0.306 e. The molecule has 1 unspecified atom stereocenters. The molecule has 3 nitrogen and oxygen atoms in total. The molecule has 4 heteroatoms. The van der Waals surface area contributed by atoms with Crippen molar-refractivity contribution in [2.75, 3.05) is 13.1 Å². The van der Waals surface area contributed by atoms with Crippen LogP contribution in [0.25, 0.3) is 0 Å². The monoisotopic (exact) mass is 325 g/mol. The zero-order valence-corrected chi connectivity index (χ0v) is 12.6. The lowest BCUT2D eigenvalue weighted by Gasteiger charge is -2.22. The van der Waals surface area contributed by atoms with Gasteiger partial charge in [0.15, 0.2) is 0 Å². The van der Waals surface area contributed by atoms with E-state index in [2.05, 4.69) is 21.2 Å². The topological polar surface area (TPSA) is 38.3 Å². The Kier molecular flexibility index (Phi) is 5.86. The van der Waals surface area contributed by atoms with Crippen LogP contribution in [-0.2, 0) is 16.1 Å². The number of piperidine rings is 1. The summed E-state index contributed by atoms with van der Waals surface area (Å²) in [5.74, 6) is 0.544. The average Bonchev–Trinajstić information content (AvgIpc) is 2.45. The molecule has 1 aliphatic heterocycles. The van der Waals surface area contributed by atoms with Crippen LogP contribution in [0, 0.1) is 5.92 Å². The summed E-state index contributed by atoms with van der Waals surface area (Å²) < 4.78 is 6.32. The highest BCUT2D eigenvalue weighted by molar-refractivity contribution is 9.10. The largest absolute Gasteiger partial charge is 0.461 e. The van der Waals surface area contributed by atoms with E-state index in [0.29, 0.717) is 18.9 Å². The van der Waals surface area contributed by atoms with Crippen LogP contribution in [0.1, 0.15) is 31.2 Å². The van der Waals surface area contributed by atoms with E-state index in [4.69, 9.17) is 4.74 Å². The maximum atomic E-state index is 11.7. The molecular weight excluding hydrogens is 306 g/mol. The quantitative estimate of drug-likeness (QED) is 0.844. The zero-order chi connectivity index (χ0) is 13.5. The number of carbonyl (C=O) groups excluding carboxylic acids is 1. The van der Waals surface area contributed by atoms with E-state index < -0.39 is 0 Å². The van der Waals surface area contributed by atoms with Crippen LogP contribution in [0.5, 0.6) is 0 Å². The molecule has 0 radical (unpaired) electrons. The number of esters is 1. The van der Waals surface area contributed by atoms with Crippen molar-refractivity contribution >= 4 is 21.9 Å². The molecule has 0 amide bonds. The third kappa shape index (κ3) is 5.33. The molecule has 1 aromatic carbocycles. The molecule has 0 aromatic heterocycles. The van der Waals surface area contributed by atoms with Gasteiger partial charge in [-0.3, -0.25) is 4.79 Å². The molecule has 0 aliphatic carbocycles. The molecule has 1 atom stereocenters. The SMILES string of the molecule is O=C(CCC1CCCNC1)OCc1ccc(Br)cc1. The minimum absolute atomic E-state index is 0.0894. The summed E-state index contributed by atoms with van der Waals surface area (Å²) in [5, 5.41) is 3.37. The summed E-state index contributed by atoms with van der Waals surface area (Å²) in [6, 6.07) is 7.83.